The van der Waals surface area contributed by atoms with Gasteiger partial charge in [-0.2, -0.15) is 0 Å². The number of rotatable bonds is 6. The van der Waals surface area contributed by atoms with Gasteiger partial charge in [0.05, 0.1) is 18.8 Å². The maximum atomic E-state index is 12.7. The number of hydrogen-bond acceptors (Lipinski definition) is 8. The van der Waals surface area contributed by atoms with Crippen molar-refractivity contribution in [3.8, 4) is 5.82 Å². The highest BCUT2D eigenvalue weighted by molar-refractivity contribution is 5.78. The Morgan fingerprint density at radius 1 is 1.00 bits per heavy atom. The van der Waals surface area contributed by atoms with Crippen LogP contribution in [0.15, 0.2) is 53.6 Å². The van der Waals surface area contributed by atoms with Gasteiger partial charge in [-0.1, -0.05) is 17.3 Å². The van der Waals surface area contributed by atoms with Crippen molar-refractivity contribution in [2.75, 3.05) is 32.7 Å². The van der Waals surface area contributed by atoms with E-state index in [1.807, 2.05) is 29.2 Å². The molecule has 0 aliphatic carbocycles. The van der Waals surface area contributed by atoms with Crippen LogP contribution in [0.4, 0.5) is 0 Å². The summed E-state index contributed by atoms with van der Waals surface area (Å²) in [7, 11) is 0. The number of carbonyl (C=O) groups excluding carboxylic acids is 1. The summed E-state index contributed by atoms with van der Waals surface area (Å²) in [4.78, 5) is 21.4. The van der Waals surface area contributed by atoms with Crippen molar-refractivity contribution < 1.29 is 9.42 Å². The topological polar surface area (TPSA) is 106 Å². The van der Waals surface area contributed by atoms with Gasteiger partial charge in [0.25, 0.3) is 0 Å². The minimum atomic E-state index is 0.138. The third kappa shape index (κ3) is 4.43. The van der Waals surface area contributed by atoms with Crippen LogP contribution in [0.2, 0.25) is 0 Å². The molecule has 3 aromatic heterocycles. The van der Waals surface area contributed by atoms with E-state index in [1.165, 1.54) is 5.56 Å². The number of aromatic nitrogens is 6. The lowest BCUT2D eigenvalue weighted by atomic mass is 10.1. The summed E-state index contributed by atoms with van der Waals surface area (Å²) in [5.74, 6) is 0.820. The summed E-state index contributed by atoms with van der Waals surface area (Å²) in [6, 6.07) is 9.79. The summed E-state index contributed by atoms with van der Waals surface area (Å²) < 4.78 is 6.34. The fraction of sp³-hybridized carbons (Fsp3) is 0.333. The first-order valence-corrected chi connectivity index (χ1v) is 10.3. The first-order valence-electron chi connectivity index (χ1n) is 10.3. The van der Waals surface area contributed by atoms with E-state index < -0.39 is 0 Å². The van der Waals surface area contributed by atoms with Crippen molar-refractivity contribution in [3.05, 3.63) is 60.0 Å². The Labute approximate surface area is 178 Å². The number of piperazine rings is 1. The average Bonchev–Trinajstić information content (AvgIpc) is 3.50. The molecule has 0 unspecified atom stereocenters. The molecule has 0 radical (unpaired) electrons. The number of nitrogens with zero attached hydrogens (tertiary/aromatic N) is 8. The zero-order valence-electron chi connectivity index (χ0n) is 17.0. The third-order valence-electron chi connectivity index (χ3n) is 5.58. The summed E-state index contributed by atoms with van der Waals surface area (Å²) in [6.45, 7) is 4.20. The molecule has 158 valence electrons. The van der Waals surface area contributed by atoms with E-state index in [4.69, 9.17) is 4.63 Å². The predicted molar refractivity (Wildman–Crippen MR) is 111 cm³/mol. The van der Waals surface area contributed by atoms with Crippen LogP contribution in [0.5, 0.6) is 0 Å². The quantitative estimate of drug-likeness (QED) is 0.459. The minimum Gasteiger partial charge on any atom is -0.340 e. The fourth-order valence-corrected chi connectivity index (χ4v) is 3.76. The molecule has 31 heavy (non-hydrogen) atoms. The lowest BCUT2D eigenvalue weighted by Crippen LogP contribution is -2.49. The van der Waals surface area contributed by atoms with Crippen LogP contribution in [-0.4, -0.2) is 78.7 Å². The summed E-state index contributed by atoms with van der Waals surface area (Å²) in [5.41, 5.74) is 3.67. The first kappa shape index (κ1) is 19.3. The third-order valence-corrected chi connectivity index (χ3v) is 5.58. The smallest absolute Gasteiger partial charge is 0.227 e. The maximum Gasteiger partial charge on any atom is 0.227 e. The number of fused-ring (bicyclic) bond motifs is 1. The fourth-order valence-electron chi connectivity index (χ4n) is 3.76. The summed E-state index contributed by atoms with van der Waals surface area (Å²) >= 11 is 0. The molecule has 0 N–H and O–H groups in total. The van der Waals surface area contributed by atoms with Gasteiger partial charge in [-0.05, 0) is 46.1 Å². The number of pyridine rings is 1. The Kier molecular flexibility index (Phi) is 5.36. The van der Waals surface area contributed by atoms with E-state index in [0.717, 1.165) is 55.7 Å². The van der Waals surface area contributed by atoms with Crippen LogP contribution in [0, 0.1) is 0 Å². The Bertz CT molecular complexity index is 1150. The van der Waals surface area contributed by atoms with E-state index >= 15 is 0 Å². The van der Waals surface area contributed by atoms with Crippen LogP contribution in [-0.2, 0) is 17.6 Å². The molecular formula is C21H22N8O2. The van der Waals surface area contributed by atoms with Gasteiger partial charge in [0.2, 0.25) is 5.91 Å². The molecule has 1 aromatic carbocycles. The highest BCUT2D eigenvalue weighted by Gasteiger charge is 2.21. The minimum absolute atomic E-state index is 0.138. The predicted octanol–water partition coefficient (Wildman–Crippen LogP) is 1.13. The molecule has 0 spiro atoms. The van der Waals surface area contributed by atoms with E-state index in [2.05, 4.69) is 36.6 Å². The van der Waals surface area contributed by atoms with Gasteiger partial charge in [0.1, 0.15) is 11.0 Å². The molecular weight excluding hydrogens is 396 g/mol. The van der Waals surface area contributed by atoms with E-state index in [-0.39, 0.29) is 5.91 Å². The van der Waals surface area contributed by atoms with E-state index in [9.17, 15) is 4.79 Å². The van der Waals surface area contributed by atoms with Crippen LogP contribution in [0.25, 0.3) is 16.9 Å². The highest BCUT2D eigenvalue weighted by atomic mass is 16.6. The van der Waals surface area contributed by atoms with Crippen LogP contribution in [0.1, 0.15) is 11.1 Å². The van der Waals surface area contributed by atoms with Crippen LogP contribution in [0.3, 0.4) is 0 Å². The SMILES string of the molecule is O=C(Cc1ccc(-n2ccnn2)nc1)N1CCN(CCc2ccc3nonc3c2)CC1. The molecule has 1 fully saturated rings. The molecule has 0 saturated carbocycles. The van der Waals surface area contributed by atoms with Crippen molar-refractivity contribution in [3.63, 3.8) is 0 Å². The van der Waals surface area contributed by atoms with Gasteiger partial charge in [0.15, 0.2) is 5.82 Å². The molecule has 5 rings (SSSR count). The Morgan fingerprint density at radius 3 is 2.61 bits per heavy atom. The molecule has 1 aliphatic heterocycles. The van der Waals surface area contributed by atoms with Crippen LogP contribution < -0.4 is 0 Å². The van der Waals surface area contributed by atoms with E-state index in [0.29, 0.717) is 12.2 Å². The van der Waals surface area contributed by atoms with Gasteiger partial charge in [0, 0.05) is 38.9 Å². The summed E-state index contributed by atoms with van der Waals surface area (Å²) in [5, 5.41) is 15.4. The molecule has 10 nitrogen and oxygen atoms in total. The average molecular weight is 418 g/mol. The zero-order chi connectivity index (χ0) is 21.0. The second-order valence-corrected chi connectivity index (χ2v) is 7.61. The molecule has 1 saturated heterocycles. The molecule has 4 heterocycles. The van der Waals surface area contributed by atoms with Gasteiger partial charge in [-0.3, -0.25) is 9.69 Å². The largest absolute Gasteiger partial charge is 0.340 e. The number of hydrogen-bond donors (Lipinski definition) is 0. The standard InChI is InChI=1S/C21H22N8O2/c30-21(14-17-2-4-20(22-15-17)29-8-6-23-26-29)28-11-9-27(10-12-28)7-5-16-1-3-18-19(13-16)25-31-24-18/h1-4,6,8,13,15H,5,7,9-12,14H2. The molecule has 0 bridgehead atoms. The first-order chi connectivity index (χ1) is 15.2. The Hall–Kier alpha value is -3.66. The van der Waals surface area contributed by atoms with Gasteiger partial charge < -0.3 is 4.90 Å². The second-order valence-electron chi connectivity index (χ2n) is 7.61. The highest BCUT2D eigenvalue weighted by Crippen LogP contribution is 2.13. The molecule has 10 heteroatoms. The van der Waals surface area contributed by atoms with Crippen molar-refractivity contribution in [1.29, 1.82) is 0 Å². The Morgan fingerprint density at radius 2 is 1.84 bits per heavy atom. The van der Waals surface area contributed by atoms with Gasteiger partial charge in [-0.15, -0.1) is 5.10 Å². The van der Waals surface area contributed by atoms with Crippen LogP contribution >= 0.6 is 0 Å². The molecule has 0 atom stereocenters. The van der Waals surface area contributed by atoms with E-state index in [1.54, 1.807) is 23.3 Å². The second kappa shape index (κ2) is 8.60. The monoisotopic (exact) mass is 418 g/mol. The number of benzene rings is 1. The Balaban J connectivity index is 1.09. The van der Waals surface area contributed by atoms with Crippen molar-refractivity contribution in [2.24, 2.45) is 0 Å². The lowest BCUT2D eigenvalue weighted by molar-refractivity contribution is -0.132. The van der Waals surface area contributed by atoms with Crippen molar-refractivity contribution in [1.82, 2.24) is 40.1 Å². The molecule has 1 amide bonds. The lowest BCUT2D eigenvalue weighted by Gasteiger charge is -2.34. The van der Waals surface area contributed by atoms with Crippen molar-refractivity contribution >= 4 is 16.9 Å². The number of carbonyl (C=O) groups is 1. The molecule has 1 aliphatic rings. The van der Waals surface area contributed by atoms with Gasteiger partial charge in [-0.25, -0.2) is 14.3 Å². The maximum absolute atomic E-state index is 12.7. The molecule has 4 aromatic rings. The van der Waals surface area contributed by atoms with Gasteiger partial charge >= 0.3 is 0 Å². The summed E-state index contributed by atoms with van der Waals surface area (Å²) in [6.07, 6.45) is 6.35. The normalized spacial score (nSPS) is 14.9. The number of amides is 1. The van der Waals surface area contributed by atoms with Crippen molar-refractivity contribution in [2.45, 2.75) is 12.8 Å². The zero-order valence-corrected chi connectivity index (χ0v) is 17.0.